The molecule has 0 radical (unpaired) electrons. The number of amides is 1. The van der Waals surface area contributed by atoms with Crippen molar-refractivity contribution < 1.29 is 9.18 Å². The van der Waals surface area contributed by atoms with E-state index in [0.29, 0.717) is 17.4 Å². The van der Waals surface area contributed by atoms with Crippen molar-refractivity contribution in [1.29, 1.82) is 0 Å². The summed E-state index contributed by atoms with van der Waals surface area (Å²) >= 11 is 0. The number of aromatic nitrogens is 2. The van der Waals surface area contributed by atoms with Gasteiger partial charge in [-0.25, -0.2) is 9.07 Å². The minimum absolute atomic E-state index is 0.289. The van der Waals surface area contributed by atoms with Crippen LogP contribution in [0.5, 0.6) is 0 Å². The zero-order valence-corrected chi connectivity index (χ0v) is 12.2. The van der Waals surface area contributed by atoms with Crippen LogP contribution in [0.1, 0.15) is 37.3 Å². The van der Waals surface area contributed by atoms with Crippen LogP contribution in [0.3, 0.4) is 0 Å². The van der Waals surface area contributed by atoms with E-state index in [1.807, 2.05) is 4.68 Å². The maximum atomic E-state index is 13.5. The van der Waals surface area contributed by atoms with Crippen molar-refractivity contribution in [3.8, 4) is 0 Å². The smallest absolute Gasteiger partial charge is 0.249 e. The van der Waals surface area contributed by atoms with Crippen LogP contribution in [-0.4, -0.2) is 15.7 Å². The number of rotatable bonds is 4. The fourth-order valence-electron chi connectivity index (χ4n) is 2.80. The molecule has 0 atom stereocenters. The Morgan fingerprint density at radius 3 is 2.82 bits per heavy atom. The van der Waals surface area contributed by atoms with Gasteiger partial charge in [-0.05, 0) is 25.0 Å². The van der Waals surface area contributed by atoms with E-state index in [0.717, 1.165) is 12.8 Å². The summed E-state index contributed by atoms with van der Waals surface area (Å²) in [6.07, 6.45) is 9.08. The average Bonchev–Trinajstić information content (AvgIpc) is 3.17. The quantitative estimate of drug-likeness (QED) is 0.873. The highest BCUT2D eigenvalue weighted by Gasteiger charge is 2.20. The summed E-state index contributed by atoms with van der Waals surface area (Å²) in [5.41, 5.74) is 0.391. The molecule has 1 aromatic heterocycles. The predicted octanol–water partition coefficient (Wildman–Crippen LogP) is 3.79. The number of carbonyl (C=O) groups excluding carboxylic acids is 1. The summed E-state index contributed by atoms with van der Waals surface area (Å²) in [6, 6.07) is 8.49. The molecule has 1 saturated carbocycles. The molecule has 1 heterocycles. The van der Waals surface area contributed by atoms with Gasteiger partial charge in [-0.1, -0.05) is 31.0 Å². The maximum Gasteiger partial charge on any atom is 0.249 e. The van der Waals surface area contributed by atoms with Gasteiger partial charge in [0.05, 0.1) is 12.2 Å². The fraction of sp³-hybridized carbons (Fsp3) is 0.294. The molecular weight excluding hydrogens is 281 g/mol. The van der Waals surface area contributed by atoms with Crippen molar-refractivity contribution in [2.75, 3.05) is 5.32 Å². The first-order valence-corrected chi connectivity index (χ1v) is 7.51. The molecule has 1 aromatic carbocycles. The monoisotopic (exact) mass is 299 g/mol. The van der Waals surface area contributed by atoms with E-state index >= 15 is 0 Å². The van der Waals surface area contributed by atoms with E-state index in [-0.39, 0.29) is 11.7 Å². The minimum Gasteiger partial charge on any atom is -0.307 e. The Balaban J connectivity index is 1.67. The Morgan fingerprint density at radius 1 is 1.27 bits per heavy atom. The Labute approximate surface area is 128 Å². The molecule has 1 amide bonds. The lowest BCUT2D eigenvalue weighted by molar-refractivity contribution is -0.111. The number of hydrogen-bond acceptors (Lipinski definition) is 2. The molecular formula is C17H18FN3O. The van der Waals surface area contributed by atoms with Gasteiger partial charge in [-0.3, -0.25) is 4.79 Å². The Bertz CT molecular complexity index is 687. The number of carbonyl (C=O) groups is 1. The molecule has 0 saturated heterocycles. The van der Waals surface area contributed by atoms with Crippen LogP contribution in [-0.2, 0) is 4.79 Å². The molecule has 0 unspecified atom stereocenters. The van der Waals surface area contributed by atoms with Crippen molar-refractivity contribution in [3.05, 3.63) is 54.0 Å². The number of halogens is 1. The zero-order valence-electron chi connectivity index (χ0n) is 12.2. The lowest BCUT2D eigenvalue weighted by atomic mass is 10.2. The highest BCUT2D eigenvalue weighted by atomic mass is 19.1. The molecule has 114 valence electrons. The van der Waals surface area contributed by atoms with Gasteiger partial charge in [0.15, 0.2) is 0 Å². The van der Waals surface area contributed by atoms with Crippen LogP contribution in [0.2, 0.25) is 0 Å². The molecule has 22 heavy (non-hydrogen) atoms. The third kappa shape index (κ3) is 3.24. The first-order valence-electron chi connectivity index (χ1n) is 7.51. The zero-order chi connectivity index (χ0) is 15.4. The van der Waals surface area contributed by atoms with E-state index in [9.17, 15) is 9.18 Å². The lowest BCUT2D eigenvalue weighted by Crippen LogP contribution is -2.15. The average molecular weight is 299 g/mol. The number of benzene rings is 1. The highest BCUT2D eigenvalue weighted by Crippen LogP contribution is 2.31. The molecule has 0 aliphatic heterocycles. The molecule has 1 N–H and O–H groups in total. The van der Waals surface area contributed by atoms with Crippen LogP contribution < -0.4 is 5.32 Å². The molecule has 4 nitrogen and oxygen atoms in total. The second kappa shape index (κ2) is 6.56. The molecule has 0 spiro atoms. The lowest BCUT2D eigenvalue weighted by Gasteiger charge is -2.13. The minimum atomic E-state index is -0.345. The molecule has 5 heteroatoms. The van der Waals surface area contributed by atoms with Crippen molar-refractivity contribution in [2.24, 2.45) is 0 Å². The SMILES string of the molecule is O=C(C=Cc1ccccc1F)Nc1ccnn1C1CCCC1. The van der Waals surface area contributed by atoms with Crippen LogP contribution in [0.15, 0.2) is 42.6 Å². The molecule has 1 aliphatic carbocycles. The number of nitrogens with one attached hydrogen (secondary N) is 1. The number of nitrogens with zero attached hydrogens (tertiary/aromatic N) is 2. The Kier molecular flexibility index (Phi) is 4.32. The predicted molar refractivity (Wildman–Crippen MR) is 83.8 cm³/mol. The summed E-state index contributed by atoms with van der Waals surface area (Å²) in [6.45, 7) is 0. The topological polar surface area (TPSA) is 46.9 Å². The van der Waals surface area contributed by atoms with Crippen LogP contribution >= 0.6 is 0 Å². The van der Waals surface area contributed by atoms with Crippen molar-refractivity contribution >= 4 is 17.8 Å². The molecule has 0 bridgehead atoms. The summed E-state index contributed by atoms with van der Waals surface area (Å²) < 4.78 is 15.4. The van der Waals surface area contributed by atoms with Gasteiger partial charge in [0, 0.05) is 17.7 Å². The highest BCUT2D eigenvalue weighted by molar-refractivity contribution is 6.01. The van der Waals surface area contributed by atoms with Gasteiger partial charge in [0.2, 0.25) is 5.91 Å². The summed E-state index contributed by atoms with van der Waals surface area (Å²) in [7, 11) is 0. The van der Waals surface area contributed by atoms with Gasteiger partial charge in [0.25, 0.3) is 0 Å². The van der Waals surface area contributed by atoms with Crippen LogP contribution in [0.25, 0.3) is 6.08 Å². The second-order valence-electron chi connectivity index (χ2n) is 5.44. The Hall–Kier alpha value is -2.43. The van der Waals surface area contributed by atoms with E-state index < -0.39 is 0 Å². The second-order valence-corrected chi connectivity index (χ2v) is 5.44. The van der Waals surface area contributed by atoms with E-state index in [4.69, 9.17) is 0 Å². The number of hydrogen-bond donors (Lipinski definition) is 1. The molecule has 2 aromatic rings. The van der Waals surface area contributed by atoms with Crippen molar-refractivity contribution in [1.82, 2.24) is 9.78 Å². The van der Waals surface area contributed by atoms with Gasteiger partial charge in [0.1, 0.15) is 11.6 Å². The largest absolute Gasteiger partial charge is 0.307 e. The molecule has 1 fully saturated rings. The normalized spacial score (nSPS) is 15.5. The van der Waals surface area contributed by atoms with Crippen molar-refractivity contribution in [3.63, 3.8) is 0 Å². The van der Waals surface area contributed by atoms with Crippen molar-refractivity contribution in [2.45, 2.75) is 31.7 Å². The van der Waals surface area contributed by atoms with Gasteiger partial charge >= 0.3 is 0 Å². The molecule has 3 rings (SSSR count). The third-order valence-electron chi connectivity index (χ3n) is 3.91. The van der Waals surface area contributed by atoms with Gasteiger partial charge in [-0.2, -0.15) is 5.10 Å². The number of anilines is 1. The first-order chi connectivity index (χ1) is 10.7. The van der Waals surface area contributed by atoms with E-state index in [1.54, 1.807) is 30.5 Å². The van der Waals surface area contributed by atoms with Gasteiger partial charge in [-0.15, -0.1) is 0 Å². The van der Waals surface area contributed by atoms with Gasteiger partial charge < -0.3 is 5.32 Å². The first kappa shape index (κ1) is 14.5. The summed E-state index contributed by atoms with van der Waals surface area (Å²) in [5, 5.41) is 7.11. The summed E-state index contributed by atoms with van der Waals surface area (Å²) in [5.74, 6) is 0.0561. The standard InChI is InChI=1S/C17H18FN3O/c18-15-8-4-1-5-13(15)9-10-17(22)20-16-11-12-19-21(16)14-6-2-3-7-14/h1,4-5,8-12,14H,2-3,6-7H2,(H,20,22). The summed E-state index contributed by atoms with van der Waals surface area (Å²) in [4.78, 5) is 12.0. The molecule has 1 aliphatic rings. The van der Waals surface area contributed by atoms with Crippen LogP contribution in [0.4, 0.5) is 10.2 Å². The Morgan fingerprint density at radius 2 is 2.05 bits per heavy atom. The van der Waals surface area contributed by atoms with Crippen LogP contribution in [0, 0.1) is 5.82 Å². The fourth-order valence-corrected chi connectivity index (χ4v) is 2.80. The van der Waals surface area contributed by atoms with E-state index in [1.165, 1.54) is 31.1 Å². The maximum absolute atomic E-state index is 13.5. The van der Waals surface area contributed by atoms with E-state index in [2.05, 4.69) is 10.4 Å². The third-order valence-corrected chi connectivity index (χ3v) is 3.91.